The molecular formula is C13H16N2O2. The number of benzene rings is 1. The minimum atomic E-state index is -0.995. The Morgan fingerprint density at radius 1 is 1.47 bits per heavy atom. The highest BCUT2D eigenvalue weighted by atomic mass is 16.3. The van der Waals surface area contributed by atoms with Crippen molar-refractivity contribution < 1.29 is 9.90 Å². The van der Waals surface area contributed by atoms with Crippen molar-refractivity contribution in [2.24, 2.45) is 7.05 Å². The Morgan fingerprint density at radius 3 is 2.88 bits per heavy atom. The number of aliphatic hydroxyl groups is 1. The van der Waals surface area contributed by atoms with Gasteiger partial charge in [0.2, 0.25) is 0 Å². The van der Waals surface area contributed by atoms with Crippen molar-refractivity contribution in [2.45, 2.75) is 6.10 Å². The second kappa shape index (κ2) is 4.69. The lowest BCUT2D eigenvalue weighted by molar-refractivity contribution is 0.0752. The average Bonchev–Trinajstić information content (AvgIpc) is 2.67. The lowest BCUT2D eigenvalue weighted by atomic mass is 10.1. The third-order valence-electron chi connectivity index (χ3n) is 2.86. The summed E-state index contributed by atoms with van der Waals surface area (Å²) in [6.45, 7) is 0.266. The Bertz CT molecular complexity index is 545. The molecule has 17 heavy (non-hydrogen) atoms. The molecule has 1 unspecified atom stereocenters. The molecule has 0 fully saturated rings. The summed E-state index contributed by atoms with van der Waals surface area (Å²) < 4.78 is 1.90. The SMILES string of the molecule is CNCC(O)C(=O)c1cn(C)c2ccccc12. The number of para-hydroxylation sites is 1. The van der Waals surface area contributed by atoms with Gasteiger partial charge in [-0.05, 0) is 13.1 Å². The minimum Gasteiger partial charge on any atom is -0.384 e. The van der Waals surface area contributed by atoms with Crippen LogP contribution in [-0.4, -0.2) is 35.2 Å². The zero-order valence-electron chi connectivity index (χ0n) is 9.97. The van der Waals surface area contributed by atoms with Gasteiger partial charge in [0.1, 0.15) is 6.10 Å². The van der Waals surface area contributed by atoms with Crippen LogP contribution in [0.25, 0.3) is 10.9 Å². The Balaban J connectivity index is 2.45. The number of rotatable bonds is 4. The fourth-order valence-electron chi connectivity index (χ4n) is 2.00. The van der Waals surface area contributed by atoms with Crippen LogP contribution in [0.5, 0.6) is 0 Å². The summed E-state index contributed by atoms with van der Waals surface area (Å²) in [5.41, 5.74) is 1.57. The third-order valence-corrected chi connectivity index (χ3v) is 2.86. The van der Waals surface area contributed by atoms with E-state index in [-0.39, 0.29) is 12.3 Å². The summed E-state index contributed by atoms with van der Waals surface area (Å²) in [4.78, 5) is 12.1. The first kappa shape index (κ1) is 11.8. The zero-order chi connectivity index (χ0) is 12.4. The quantitative estimate of drug-likeness (QED) is 0.771. The number of ketones is 1. The largest absolute Gasteiger partial charge is 0.384 e. The zero-order valence-corrected chi connectivity index (χ0v) is 9.97. The summed E-state index contributed by atoms with van der Waals surface area (Å²) in [7, 11) is 3.60. The molecule has 1 heterocycles. The molecule has 4 nitrogen and oxygen atoms in total. The molecule has 1 atom stereocenters. The van der Waals surface area contributed by atoms with Crippen molar-refractivity contribution in [3.05, 3.63) is 36.0 Å². The first-order chi connectivity index (χ1) is 8.15. The van der Waals surface area contributed by atoms with Crippen LogP contribution in [-0.2, 0) is 7.05 Å². The molecule has 0 aliphatic carbocycles. The van der Waals surface area contributed by atoms with E-state index in [4.69, 9.17) is 0 Å². The molecule has 2 N–H and O–H groups in total. The maximum Gasteiger partial charge on any atom is 0.194 e. The Kier molecular flexibility index (Phi) is 3.26. The summed E-state index contributed by atoms with van der Waals surface area (Å²) >= 11 is 0. The molecule has 2 rings (SSSR count). The highest BCUT2D eigenvalue weighted by Gasteiger charge is 2.20. The van der Waals surface area contributed by atoms with Gasteiger partial charge in [-0.15, -0.1) is 0 Å². The van der Waals surface area contributed by atoms with Crippen LogP contribution in [0, 0.1) is 0 Å². The molecule has 0 amide bonds. The lowest BCUT2D eigenvalue weighted by Crippen LogP contribution is -2.31. The number of hydrogen-bond acceptors (Lipinski definition) is 3. The van der Waals surface area contributed by atoms with Crippen LogP contribution < -0.4 is 5.32 Å². The van der Waals surface area contributed by atoms with Crippen LogP contribution in [0.2, 0.25) is 0 Å². The maximum absolute atomic E-state index is 12.1. The number of aryl methyl sites for hydroxylation is 1. The number of fused-ring (bicyclic) bond motifs is 1. The van der Waals surface area contributed by atoms with E-state index in [1.807, 2.05) is 35.9 Å². The molecule has 1 aromatic heterocycles. The maximum atomic E-state index is 12.1. The van der Waals surface area contributed by atoms with E-state index in [1.165, 1.54) is 0 Å². The van der Waals surface area contributed by atoms with Crippen molar-refractivity contribution in [3.63, 3.8) is 0 Å². The van der Waals surface area contributed by atoms with Crippen LogP contribution in [0.15, 0.2) is 30.5 Å². The number of carbonyl (C=O) groups is 1. The molecule has 0 radical (unpaired) electrons. The van der Waals surface area contributed by atoms with Gasteiger partial charge in [-0.1, -0.05) is 18.2 Å². The van der Waals surface area contributed by atoms with Crippen LogP contribution in [0.1, 0.15) is 10.4 Å². The highest BCUT2D eigenvalue weighted by molar-refractivity contribution is 6.10. The second-order valence-corrected chi connectivity index (χ2v) is 4.11. The predicted octanol–water partition coefficient (Wildman–Crippen LogP) is 0.941. The molecule has 0 aliphatic rings. The van der Waals surface area contributed by atoms with E-state index in [9.17, 15) is 9.90 Å². The summed E-state index contributed by atoms with van der Waals surface area (Å²) in [6.07, 6.45) is 0.775. The number of Topliss-reactive ketones (excluding diaryl/α,β-unsaturated/α-hetero) is 1. The van der Waals surface area contributed by atoms with E-state index in [0.29, 0.717) is 5.56 Å². The second-order valence-electron chi connectivity index (χ2n) is 4.11. The minimum absolute atomic E-state index is 0.240. The van der Waals surface area contributed by atoms with Crippen molar-refractivity contribution in [1.29, 1.82) is 0 Å². The smallest absolute Gasteiger partial charge is 0.194 e. The number of hydrogen-bond donors (Lipinski definition) is 2. The van der Waals surface area contributed by atoms with Crippen molar-refractivity contribution in [3.8, 4) is 0 Å². The predicted molar refractivity (Wildman–Crippen MR) is 67.2 cm³/mol. The van der Waals surface area contributed by atoms with E-state index < -0.39 is 6.10 Å². The summed E-state index contributed by atoms with van der Waals surface area (Å²) in [5, 5.41) is 13.4. The van der Waals surface area contributed by atoms with Crippen LogP contribution in [0.3, 0.4) is 0 Å². The Labute approximate surface area is 99.9 Å². The van der Waals surface area contributed by atoms with Gasteiger partial charge in [0.15, 0.2) is 5.78 Å². The molecule has 1 aromatic carbocycles. The normalized spacial score (nSPS) is 12.9. The standard InChI is InChI=1S/C13H16N2O2/c1-14-7-12(16)13(17)10-8-15(2)11-6-4-3-5-9(10)11/h3-6,8,12,14,16H,7H2,1-2H3. The monoisotopic (exact) mass is 232 g/mol. The van der Waals surface area contributed by atoms with Gasteiger partial charge in [-0.3, -0.25) is 4.79 Å². The molecule has 0 spiro atoms. The number of aliphatic hydroxyl groups excluding tert-OH is 1. The summed E-state index contributed by atoms with van der Waals surface area (Å²) in [6, 6.07) is 7.68. The first-order valence-electron chi connectivity index (χ1n) is 5.56. The molecule has 4 heteroatoms. The Morgan fingerprint density at radius 2 is 2.18 bits per heavy atom. The third kappa shape index (κ3) is 2.09. The molecule has 2 aromatic rings. The first-order valence-corrected chi connectivity index (χ1v) is 5.56. The van der Waals surface area contributed by atoms with E-state index in [1.54, 1.807) is 13.2 Å². The lowest BCUT2D eigenvalue weighted by Gasteiger charge is -2.07. The van der Waals surface area contributed by atoms with E-state index >= 15 is 0 Å². The van der Waals surface area contributed by atoms with Gasteiger partial charge in [-0.2, -0.15) is 0 Å². The van der Waals surface area contributed by atoms with Gasteiger partial charge in [0, 0.05) is 36.3 Å². The van der Waals surface area contributed by atoms with Gasteiger partial charge in [0.25, 0.3) is 0 Å². The fraction of sp³-hybridized carbons (Fsp3) is 0.308. The molecule has 0 saturated heterocycles. The van der Waals surface area contributed by atoms with Crippen LogP contribution >= 0.6 is 0 Å². The topological polar surface area (TPSA) is 54.3 Å². The number of nitrogens with zero attached hydrogens (tertiary/aromatic N) is 1. The van der Waals surface area contributed by atoms with Crippen LogP contribution in [0.4, 0.5) is 0 Å². The van der Waals surface area contributed by atoms with Crippen molar-refractivity contribution in [1.82, 2.24) is 9.88 Å². The van der Waals surface area contributed by atoms with Gasteiger partial charge in [0.05, 0.1) is 0 Å². The van der Waals surface area contributed by atoms with Crippen molar-refractivity contribution in [2.75, 3.05) is 13.6 Å². The molecule has 0 aliphatic heterocycles. The van der Waals surface area contributed by atoms with E-state index in [0.717, 1.165) is 10.9 Å². The number of likely N-dealkylation sites (N-methyl/N-ethyl adjacent to an activating group) is 1. The highest BCUT2D eigenvalue weighted by Crippen LogP contribution is 2.21. The summed E-state index contributed by atoms with van der Waals surface area (Å²) in [5.74, 6) is -0.240. The van der Waals surface area contributed by atoms with Crippen molar-refractivity contribution >= 4 is 16.7 Å². The number of nitrogens with one attached hydrogen (secondary N) is 1. The van der Waals surface area contributed by atoms with Gasteiger partial charge < -0.3 is 15.0 Å². The van der Waals surface area contributed by atoms with Gasteiger partial charge in [-0.25, -0.2) is 0 Å². The molecule has 0 bridgehead atoms. The Hall–Kier alpha value is -1.65. The molecule has 0 saturated carbocycles. The molecule has 90 valence electrons. The van der Waals surface area contributed by atoms with Gasteiger partial charge >= 0.3 is 0 Å². The molecular weight excluding hydrogens is 216 g/mol. The number of carbonyl (C=O) groups excluding carboxylic acids is 1. The fourth-order valence-corrected chi connectivity index (χ4v) is 2.00. The average molecular weight is 232 g/mol. The number of aromatic nitrogens is 1. The van der Waals surface area contributed by atoms with E-state index in [2.05, 4.69) is 5.32 Å².